The molecule has 0 aliphatic carbocycles. The summed E-state index contributed by atoms with van der Waals surface area (Å²) >= 11 is 3.25. The highest BCUT2D eigenvalue weighted by Crippen LogP contribution is 2.18. The van der Waals surface area contributed by atoms with Gasteiger partial charge in [-0.1, -0.05) is 15.9 Å². The number of carbonyl (C=O) groups is 1. The highest BCUT2D eigenvalue weighted by atomic mass is 79.9. The van der Waals surface area contributed by atoms with Gasteiger partial charge in [-0.25, -0.2) is 9.78 Å². The Morgan fingerprint density at radius 1 is 1.60 bits per heavy atom. The van der Waals surface area contributed by atoms with E-state index in [0.717, 1.165) is 0 Å². The van der Waals surface area contributed by atoms with Crippen molar-refractivity contribution < 1.29 is 13.9 Å². The Morgan fingerprint density at radius 3 is 3.07 bits per heavy atom. The molecule has 0 spiro atoms. The van der Waals surface area contributed by atoms with Crippen molar-refractivity contribution in [3.63, 3.8) is 0 Å². The van der Waals surface area contributed by atoms with Crippen LogP contribution in [0.4, 0.5) is 0 Å². The maximum absolute atomic E-state index is 11.2. The number of benzene rings is 1. The van der Waals surface area contributed by atoms with E-state index in [1.165, 1.54) is 7.11 Å². The van der Waals surface area contributed by atoms with Crippen LogP contribution in [0.2, 0.25) is 0 Å². The first-order valence-corrected chi connectivity index (χ1v) is 5.40. The number of methoxy groups -OCH3 is 1. The van der Waals surface area contributed by atoms with Gasteiger partial charge in [0.05, 0.1) is 18.0 Å². The number of oxazole rings is 1. The zero-order chi connectivity index (χ0) is 10.8. The van der Waals surface area contributed by atoms with Gasteiger partial charge in [-0.2, -0.15) is 0 Å². The lowest BCUT2D eigenvalue weighted by Gasteiger charge is -1.96. The van der Waals surface area contributed by atoms with Gasteiger partial charge in [-0.15, -0.1) is 0 Å². The molecular weight excluding hydrogens is 262 g/mol. The Hall–Kier alpha value is -1.36. The molecule has 1 aromatic heterocycles. The zero-order valence-electron chi connectivity index (χ0n) is 7.99. The Labute approximate surface area is 94.4 Å². The molecule has 0 radical (unpaired) electrons. The van der Waals surface area contributed by atoms with E-state index >= 15 is 0 Å². The van der Waals surface area contributed by atoms with Crippen molar-refractivity contribution in [1.29, 1.82) is 0 Å². The van der Waals surface area contributed by atoms with Crippen molar-refractivity contribution in [2.45, 2.75) is 5.33 Å². The summed E-state index contributed by atoms with van der Waals surface area (Å²) in [6.45, 7) is 0. The number of carbonyl (C=O) groups excluding carboxylic acids is 1. The van der Waals surface area contributed by atoms with Crippen LogP contribution in [0.25, 0.3) is 11.1 Å². The van der Waals surface area contributed by atoms with Gasteiger partial charge in [0.1, 0.15) is 5.52 Å². The number of hydrogen-bond acceptors (Lipinski definition) is 4. The molecule has 1 heterocycles. The maximum Gasteiger partial charge on any atom is 0.337 e. The molecule has 0 saturated heterocycles. The molecule has 4 nitrogen and oxygen atoms in total. The third kappa shape index (κ3) is 1.87. The molecule has 0 amide bonds. The van der Waals surface area contributed by atoms with Crippen molar-refractivity contribution in [2.24, 2.45) is 0 Å². The van der Waals surface area contributed by atoms with Crippen LogP contribution >= 0.6 is 15.9 Å². The van der Waals surface area contributed by atoms with E-state index in [1.54, 1.807) is 18.2 Å². The van der Waals surface area contributed by atoms with Gasteiger partial charge in [0, 0.05) is 0 Å². The van der Waals surface area contributed by atoms with E-state index in [9.17, 15) is 4.79 Å². The topological polar surface area (TPSA) is 52.3 Å². The Kier molecular flexibility index (Phi) is 2.73. The SMILES string of the molecule is COC(=O)c1ccc2oc(CBr)nc2c1. The molecule has 78 valence electrons. The first-order chi connectivity index (χ1) is 7.24. The number of rotatable bonds is 2. The van der Waals surface area contributed by atoms with Crippen LogP contribution in [-0.4, -0.2) is 18.1 Å². The van der Waals surface area contributed by atoms with Gasteiger partial charge in [0.25, 0.3) is 0 Å². The first-order valence-electron chi connectivity index (χ1n) is 4.28. The summed E-state index contributed by atoms with van der Waals surface area (Å²) in [5.41, 5.74) is 1.80. The summed E-state index contributed by atoms with van der Waals surface area (Å²) in [6.07, 6.45) is 0. The van der Waals surface area contributed by atoms with E-state index in [-0.39, 0.29) is 5.97 Å². The molecule has 0 N–H and O–H groups in total. The highest BCUT2D eigenvalue weighted by molar-refractivity contribution is 9.08. The second kappa shape index (κ2) is 4.02. The fraction of sp³-hybridized carbons (Fsp3) is 0.200. The second-order valence-corrected chi connectivity index (χ2v) is 3.48. The van der Waals surface area contributed by atoms with E-state index in [2.05, 4.69) is 25.7 Å². The molecule has 0 aliphatic rings. The van der Waals surface area contributed by atoms with E-state index < -0.39 is 0 Å². The molecule has 1 aromatic carbocycles. The van der Waals surface area contributed by atoms with Crippen molar-refractivity contribution in [1.82, 2.24) is 4.98 Å². The molecule has 5 heteroatoms. The average molecular weight is 270 g/mol. The molecule has 0 atom stereocenters. The second-order valence-electron chi connectivity index (χ2n) is 2.92. The van der Waals surface area contributed by atoms with Crippen LogP contribution in [0.15, 0.2) is 22.6 Å². The van der Waals surface area contributed by atoms with E-state index in [0.29, 0.717) is 27.9 Å². The third-order valence-corrected chi connectivity index (χ3v) is 2.45. The average Bonchev–Trinajstić information content (AvgIpc) is 2.69. The lowest BCUT2D eigenvalue weighted by atomic mass is 10.2. The molecule has 2 rings (SSSR count). The number of fused-ring (bicyclic) bond motifs is 1. The minimum absolute atomic E-state index is 0.375. The van der Waals surface area contributed by atoms with Crippen LogP contribution < -0.4 is 0 Å². The van der Waals surface area contributed by atoms with Crippen molar-refractivity contribution in [2.75, 3.05) is 7.11 Å². The zero-order valence-corrected chi connectivity index (χ0v) is 9.58. The van der Waals surface area contributed by atoms with Gasteiger partial charge in [-0.05, 0) is 18.2 Å². The normalized spacial score (nSPS) is 10.5. The van der Waals surface area contributed by atoms with Gasteiger partial charge < -0.3 is 9.15 Å². The van der Waals surface area contributed by atoms with Crippen LogP contribution in [0.5, 0.6) is 0 Å². The monoisotopic (exact) mass is 269 g/mol. The molecular formula is C10H8BrNO3. The van der Waals surface area contributed by atoms with E-state index in [1.807, 2.05) is 0 Å². The summed E-state index contributed by atoms with van der Waals surface area (Å²) in [5.74, 6) is 0.215. The first kappa shape index (κ1) is 10.2. The lowest BCUT2D eigenvalue weighted by molar-refractivity contribution is 0.0601. The molecule has 0 unspecified atom stereocenters. The summed E-state index contributed by atoms with van der Waals surface area (Å²) < 4.78 is 9.99. The number of hydrogen-bond donors (Lipinski definition) is 0. The smallest absolute Gasteiger partial charge is 0.337 e. The third-order valence-electron chi connectivity index (χ3n) is 1.97. The summed E-state index contributed by atoms with van der Waals surface area (Å²) in [5, 5.41) is 0.551. The molecule has 0 saturated carbocycles. The number of nitrogens with zero attached hydrogens (tertiary/aromatic N) is 1. The number of esters is 1. The van der Waals surface area contributed by atoms with Crippen LogP contribution in [-0.2, 0) is 10.1 Å². The molecule has 0 aliphatic heterocycles. The molecule has 0 fully saturated rings. The summed E-state index contributed by atoms with van der Waals surface area (Å²) in [7, 11) is 1.35. The van der Waals surface area contributed by atoms with Crippen molar-refractivity contribution >= 4 is 33.0 Å². The van der Waals surface area contributed by atoms with Gasteiger partial charge in [0.2, 0.25) is 5.89 Å². The Bertz CT molecular complexity index is 506. The Morgan fingerprint density at radius 2 is 2.40 bits per heavy atom. The molecule has 2 aromatic rings. The summed E-state index contributed by atoms with van der Waals surface area (Å²) in [6, 6.07) is 5.01. The quantitative estimate of drug-likeness (QED) is 0.621. The largest absolute Gasteiger partial charge is 0.465 e. The predicted octanol–water partition coefficient (Wildman–Crippen LogP) is 2.51. The molecule has 15 heavy (non-hydrogen) atoms. The van der Waals surface area contributed by atoms with Crippen LogP contribution in [0.3, 0.4) is 0 Å². The van der Waals surface area contributed by atoms with Gasteiger partial charge in [0.15, 0.2) is 5.58 Å². The predicted molar refractivity (Wildman–Crippen MR) is 58.0 cm³/mol. The molecule has 0 bridgehead atoms. The fourth-order valence-corrected chi connectivity index (χ4v) is 1.52. The number of aromatic nitrogens is 1. The van der Waals surface area contributed by atoms with Crippen molar-refractivity contribution in [3.8, 4) is 0 Å². The lowest BCUT2D eigenvalue weighted by Crippen LogP contribution is -2.00. The maximum atomic E-state index is 11.2. The van der Waals surface area contributed by atoms with Gasteiger partial charge in [-0.3, -0.25) is 0 Å². The highest BCUT2D eigenvalue weighted by Gasteiger charge is 2.09. The minimum Gasteiger partial charge on any atom is -0.465 e. The minimum atomic E-state index is -0.375. The van der Waals surface area contributed by atoms with Gasteiger partial charge >= 0.3 is 5.97 Å². The standard InChI is InChI=1S/C10H8BrNO3/c1-14-10(13)6-2-3-8-7(4-6)12-9(5-11)15-8/h2-4H,5H2,1H3. The Balaban J connectivity index is 2.50. The number of ether oxygens (including phenoxy) is 1. The summed E-state index contributed by atoms with van der Waals surface area (Å²) in [4.78, 5) is 15.4. The van der Waals surface area contributed by atoms with Crippen LogP contribution in [0.1, 0.15) is 16.2 Å². The van der Waals surface area contributed by atoms with E-state index in [4.69, 9.17) is 4.42 Å². The van der Waals surface area contributed by atoms with Crippen LogP contribution in [0, 0.1) is 0 Å². The number of alkyl halides is 1. The number of halogens is 1. The fourth-order valence-electron chi connectivity index (χ4n) is 1.28. The van der Waals surface area contributed by atoms with Crippen molar-refractivity contribution in [3.05, 3.63) is 29.7 Å².